The zero-order chi connectivity index (χ0) is 15.4. The van der Waals surface area contributed by atoms with E-state index in [-0.39, 0.29) is 22.7 Å². The van der Waals surface area contributed by atoms with E-state index in [1.54, 1.807) is 24.4 Å². The van der Waals surface area contributed by atoms with Gasteiger partial charge in [0.2, 0.25) is 5.13 Å². The molecule has 1 heterocycles. The lowest BCUT2D eigenvalue weighted by Gasteiger charge is -1.98. The van der Waals surface area contributed by atoms with Crippen molar-refractivity contribution in [3.8, 4) is 17.0 Å². The molecule has 0 saturated carbocycles. The van der Waals surface area contributed by atoms with Crippen LogP contribution >= 0.6 is 44.2 Å². The van der Waals surface area contributed by atoms with Crippen LogP contribution in [-0.4, -0.2) is 16.3 Å². The van der Waals surface area contributed by atoms with Gasteiger partial charge >= 0.3 is 0 Å². The molecule has 7 heteroatoms. The monoisotopic (exact) mass is 453 g/mol. The van der Waals surface area contributed by atoms with E-state index in [0.29, 0.717) is 10.7 Å². The summed E-state index contributed by atoms with van der Waals surface area (Å²) >= 11 is 4.89. The summed E-state index contributed by atoms with van der Waals surface area (Å²) in [5, 5.41) is 16.4. The first-order valence-electron chi connectivity index (χ1n) is 6.51. The number of thiazole rings is 1. The smallest absolute Gasteiger partial charge is 0.203 e. The highest BCUT2D eigenvalue weighted by molar-refractivity contribution is 9.10. The number of phenols is 1. The molecule has 0 radical (unpaired) electrons. The van der Waals surface area contributed by atoms with Gasteiger partial charge in [0.05, 0.1) is 11.9 Å². The van der Waals surface area contributed by atoms with Crippen LogP contribution < -0.4 is 5.43 Å². The first-order chi connectivity index (χ1) is 10.7. The van der Waals surface area contributed by atoms with E-state index in [1.807, 2.05) is 35.7 Å². The number of hydrazone groups is 1. The summed E-state index contributed by atoms with van der Waals surface area (Å²) < 4.78 is 1.04. The number of hydrogen-bond acceptors (Lipinski definition) is 5. The number of nitrogens with one attached hydrogen (secondary N) is 1. The number of aromatic hydroxyl groups is 1. The quantitative estimate of drug-likeness (QED) is 0.415. The lowest BCUT2D eigenvalue weighted by molar-refractivity contribution is 0.474. The van der Waals surface area contributed by atoms with Gasteiger partial charge in [-0.15, -0.1) is 28.3 Å². The van der Waals surface area contributed by atoms with Crippen LogP contribution in [0.15, 0.2) is 63.5 Å². The third-order valence-corrected chi connectivity index (χ3v) is 4.22. The first kappa shape index (κ1) is 17.7. The molecule has 0 atom stereocenters. The molecule has 3 aromatic rings. The second kappa shape index (κ2) is 8.24. The SMILES string of the molecule is Br.Oc1ccccc1/C=N/Nc1nc(-c2ccc(Br)cc2)cs1. The predicted octanol–water partition coefficient (Wildman–Crippen LogP) is 5.30. The van der Waals surface area contributed by atoms with Crippen molar-refractivity contribution in [2.45, 2.75) is 0 Å². The Morgan fingerprint density at radius 1 is 1.13 bits per heavy atom. The number of hydrogen-bond donors (Lipinski definition) is 2. The van der Waals surface area contributed by atoms with Crippen LogP contribution in [-0.2, 0) is 0 Å². The van der Waals surface area contributed by atoms with E-state index < -0.39 is 0 Å². The van der Waals surface area contributed by atoms with E-state index in [0.717, 1.165) is 15.7 Å². The van der Waals surface area contributed by atoms with Gasteiger partial charge in [-0.2, -0.15) is 5.10 Å². The molecule has 23 heavy (non-hydrogen) atoms. The zero-order valence-corrected chi connectivity index (χ0v) is 15.9. The van der Waals surface area contributed by atoms with Crippen molar-refractivity contribution >= 4 is 55.6 Å². The summed E-state index contributed by atoms with van der Waals surface area (Å²) in [6, 6.07) is 15.0. The minimum Gasteiger partial charge on any atom is -0.507 e. The van der Waals surface area contributed by atoms with Gasteiger partial charge in [-0.25, -0.2) is 4.98 Å². The molecule has 2 N–H and O–H groups in total. The Morgan fingerprint density at radius 3 is 2.61 bits per heavy atom. The highest BCUT2D eigenvalue weighted by Crippen LogP contribution is 2.26. The maximum atomic E-state index is 9.65. The number of halogens is 2. The van der Waals surface area contributed by atoms with E-state index in [1.165, 1.54) is 11.3 Å². The molecule has 0 unspecified atom stereocenters. The fourth-order valence-electron chi connectivity index (χ4n) is 1.83. The summed E-state index contributed by atoms with van der Waals surface area (Å²) in [4.78, 5) is 4.48. The van der Waals surface area contributed by atoms with Crippen LogP contribution in [0.5, 0.6) is 5.75 Å². The Bertz CT molecular complexity index is 803. The Morgan fingerprint density at radius 2 is 1.87 bits per heavy atom. The molecule has 2 aromatic carbocycles. The number of anilines is 1. The maximum Gasteiger partial charge on any atom is 0.203 e. The third-order valence-electron chi connectivity index (χ3n) is 2.94. The molecule has 0 spiro atoms. The van der Waals surface area contributed by atoms with Gasteiger partial charge in [0, 0.05) is 21.0 Å². The number of nitrogens with zero attached hydrogens (tertiary/aromatic N) is 2. The van der Waals surface area contributed by atoms with Crippen LogP contribution in [0.4, 0.5) is 5.13 Å². The summed E-state index contributed by atoms with van der Waals surface area (Å²) in [7, 11) is 0. The normalized spacial score (nSPS) is 10.5. The van der Waals surface area contributed by atoms with Crippen molar-refractivity contribution in [1.82, 2.24) is 4.98 Å². The van der Waals surface area contributed by atoms with Crippen molar-refractivity contribution in [3.63, 3.8) is 0 Å². The summed E-state index contributed by atoms with van der Waals surface area (Å²) in [5.41, 5.74) is 5.48. The second-order valence-corrected chi connectivity index (χ2v) is 6.25. The maximum absolute atomic E-state index is 9.65. The lowest BCUT2D eigenvalue weighted by Crippen LogP contribution is -1.90. The molecule has 4 nitrogen and oxygen atoms in total. The summed E-state index contributed by atoms with van der Waals surface area (Å²) in [5.74, 6) is 0.197. The molecule has 3 rings (SSSR count). The fraction of sp³-hybridized carbons (Fsp3) is 0. The minimum absolute atomic E-state index is 0. The largest absolute Gasteiger partial charge is 0.507 e. The molecule has 1 aromatic heterocycles. The molecule has 0 fully saturated rings. The molecule has 0 aliphatic heterocycles. The highest BCUT2D eigenvalue weighted by Gasteiger charge is 2.03. The van der Waals surface area contributed by atoms with Crippen LogP contribution in [0.3, 0.4) is 0 Å². The number of benzene rings is 2. The van der Waals surface area contributed by atoms with Crippen molar-refractivity contribution < 1.29 is 5.11 Å². The topological polar surface area (TPSA) is 57.5 Å². The molecule has 0 bridgehead atoms. The van der Waals surface area contributed by atoms with Crippen LogP contribution in [0, 0.1) is 0 Å². The predicted molar refractivity (Wildman–Crippen MR) is 105 cm³/mol. The van der Waals surface area contributed by atoms with Gasteiger partial charge in [-0.1, -0.05) is 40.2 Å². The van der Waals surface area contributed by atoms with Gasteiger partial charge in [-0.3, -0.25) is 5.43 Å². The Balaban J connectivity index is 0.00000192. The molecule has 0 aliphatic carbocycles. The molecule has 0 saturated heterocycles. The van der Waals surface area contributed by atoms with Crippen molar-refractivity contribution in [2.24, 2.45) is 5.10 Å². The van der Waals surface area contributed by atoms with Gasteiger partial charge in [-0.05, 0) is 24.3 Å². The van der Waals surface area contributed by atoms with E-state index in [4.69, 9.17) is 0 Å². The zero-order valence-electron chi connectivity index (χ0n) is 11.8. The molecule has 0 aliphatic rings. The van der Waals surface area contributed by atoms with Crippen molar-refractivity contribution in [1.29, 1.82) is 0 Å². The van der Waals surface area contributed by atoms with Gasteiger partial charge in [0.15, 0.2) is 0 Å². The number of rotatable bonds is 4. The molecular formula is C16H13Br2N3OS. The van der Waals surface area contributed by atoms with Crippen LogP contribution in [0.1, 0.15) is 5.56 Å². The van der Waals surface area contributed by atoms with E-state index in [2.05, 4.69) is 31.4 Å². The minimum atomic E-state index is 0. The second-order valence-electron chi connectivity index (χ2n) is 4.47. The standard InChI is InChI=1S/C16H12BrN3OS.BrH/c17-13-7-5-11(6-8-13)14-10-22-16(19-14)20-18-9-12-3-1-2-4-15(12)21;/h1-10,21H,(H,19,20);1H/b18-9+;. The average Bonchev–Trinajstić information content (AvgIpc) is 2.99. The molecule has 0 amide bonds. The number of phenolic OH excluding ortho intramolecular Hbond substituents is 1. The Kier molecular flexibility index (Phi) is 6.32. The fourth-order valence-corrected chi connectivity index (χ4v) is 2.76. The lowest BCUT2D eigenvalue weighted by atomic mass is 10.2. The van der Waals surface area contributed by atoms with E-state index in [9.17, 15) is 5.11 Å². The average molecular weight is 455 g/mol. The Hall–Kier alpha value is -1.70. The van der Waals surface area contributed by atoms with Gasteiger partial charge in [0.25, 0.3) is 0 Å². The number of aromatic nitrogens is 1. The van der Waals surface area contributed by atoms with Gasteiger partial charge in [0.1, 0.15) is 5.75 Å². The van der Waals surface area contributed by atoms with Crippen molar-refractivity contribution in [2.75, 3.05) is 5.43 Å². The van der Waals surface area contributed by atoms with Crippen LogP contribution in [0.25, 0.3) is 11.3 Å². The van der Waals surface area contributed by atoms with E-state index >= 15 is 0 Å². The van der Waals surface area contributed by atoms with Gasteiger partial charge < -0.3 is 5.11 Å². The molecular weight excluding hydrogens is 442 g/mol. The van der Waals surface area contributed by atoms with Crippen LogP contribution in [0.2, 0.25) is 0 Å². The highest BCUT2D eigenvalue weighted by atomic mass is 79.9. The summed E-state index contributed by atoms with van der Waals surface area (Å²) in [6.07, 6.45) is 1.57. The third kappa shape index (κ3) is 4.63. The molecule has 118 valence electrons. The first-order valence-corrected chi connectivity index (χ1v) is 8.18. The number of para-hydroxylation sites is 1. The summed E-state index contributed by atoms with van der Waals surface area (Å²) in [6.45, 7) is 0. The van der Waals surface area contributed by atoms with Crippen molar-refractivity contribution in [3.05, 3.63) is 63.9 Å². The Labute approximate surface area is 156 Å².